The van der Waals surface area contributed by atoms with Gasteiger partial charge in [0.2, 0.25) is 5.82 Å². The molecule has 2 aromatic heterocycles. The largest absolute Gasteiger partial charge is 0.350 e. The van der Waals surface area contributed by atoms with Gasteiger partial charge in [-0.1, -0.05) is 5.57 Å². The summed E-state index contributed by atoms with van der Waals surface area (Å²) in [4.78, 5) is 21.7. The Morgan fingerprint density at radius 1 is 1.26 bits per heavy atom. The highest BCUT2D eigenvalue weighted by Crippen LogP contribution is 2.30. The molecule has 6 nitrogen and oxygen atoms in total. The lowest BCUT2D eigenvalue weighted by molar-refractivity contribution is -0.384. The highest BCUT2D eigenvalue weighted by molar-refractivity contribution is 7.09. The molecular formula is C16H18N4O2S. The van der Waals surface area contributed by atoms with E-state index >= 15 is 0 Å². The number of hydrogen-bond donors (Lipinski definition) is 0. The summed E-state index contributed by atoms with van der Waals surface area (Å²) in [5.74, 6) is 0.485. The summed E-state index contributed by atoms with van der Waals surface area (Å²) < 4.78 is 0. The van der Waals surface area contributed by atoms with Crippen LogP contribution in [0.4, 0.5) is 11.5 Å². The molecule has 7 heteroatoms. The van der Waals surface area contributed by atoms with E-state index < -0.39 is 0 Å². The predicted molar refractivity (Wildman–Crippen MR) is 91.9 cm³/mol. The minimum Gasteiger partial charge on any atom is -0.350 e. The predicted octanol–water partition coefficient (Wildman–Crippen LogP) is 3.75. The van der Waals surface area contributed by atoms with Crippen LogP contribution in [0.3, 0.4) is 0 Å². The lowest BCUT2D eigenvalue weighted by atomic mass is 10.0. The maximum absolute atomic E-state index is 11.2. The summed E-state index contributed by atoms with van der Waals surface area (Å²) in [7, 11) is 0. The first-order chi connectivity index (χ1) is 11.0. The molecule has 1 saturated heterocycles. The monoisotopic (exact) mass is 330 g/mol. The first-order valence-electron chi connectivity index (χ1n) is 7.51. The minimum atomic E-state index is -0.356. The van der Waals surface area contributed by atoms with Gasteiger partial charge in [-0.05, 0) is 38.8 Å². The molecule has 0 aliphatic carbocycles. The zero-order valence-corrected chi connectivity index (χ0v) is 14.0. The van der Waals surface area contributed by atoms with Gasteiger partial charge in [0.05, 0.1) is 15.6 Å². The van der Waals surface area contributed by atoms with Crippen molar-refractivity contribution in [2.45, 2.75) is 26.7 Å². The molecule has 0 N–H and O–H groups in total. The third-order valence-electron chi connectivity index (χ3n) is 3.88. The van der Waals surface area contributed by atoms with E-state index in [2.05, 4.69) is 21.4 Å². The van der Waals surface area contributed by atoms with E-state index in [0.29, 0.717) is 5.82 Å². The standard InChI is InChI=1S/C16H18N4O2S/c1-11-3-4-15(20(21)22)16(17-11)19-7-5-13(6-8-19)9-14-10-23-12(2)18-14/h3-4,9-10H,5-8H2,1-2H3. The molecule has 3 rings (SSSR count). The van der Waals surface area contributed by atoms with Gasteiger partial charge in [0.15, 0.2) is 0 Å². The number of nitro groups is 1. The van der Waals surface area contributed by atoms with Crippen LogP contribution in [0.15, 0.2) is 23.1 Å². The summed E-state index contributed by atoms with van der Waals surface area (Å²) in [5.41, 5.74) is 3.22. The number of pyridine rings is 1. The van der Waals surface area contributed by atoms with Gasteiger partial charge in [-0.2, -0.15) is 0 Å². The van der Waals surface area contributed by atoms with Crippen molar-refractivity contribution in [1.29, 1.82) is 0 Å². The summed E-state index contributed by atoms with van der Waals surface area (Å²) in [5, 5.41) is 14.3. The fraction of sp³-hybridized carbons (Fsp3) is 0.375. The van der Waals surface area contributed by atoms with Gasteiger partial charge >= 0.3 is 5.69 Å². The van der Waals surface area contributed by atoms with Crippen molar-refractivity contribution in [2.24, 2.45) is 0 Å². The molecule has 0 radical (unpaired) electrons. The zero-order chi connectivity index (χ0) is 16.4. The number of anilines is 1. The minimum absolute atomic E-state index is 0.0816. The Labute approximate surface area is 138 Å². The van der Waals surface area contributed by atoms with Crippen molar-refractivity contribution in [3.63, 3.8) is 0 Å². The Bertz CT molecular complexity index is 759. The number of hydrogen-bond acceptors (Lipinski definition) is 6. The van der Waals surface area contributed by atoms with Gasteiger partial charge < -0.3 is 4.90 Å². The van der Waals surface area contributed by atoms with Crippen LogP contribution in [-0.4, -0.2) is 28.0 Å². The van der Waals surface area contributed by atoms with E-state index in [1.165, 1.54) is 5.57 Å². The van der Waals surface area contributed by atoms with E-state index in [4.69, 9.17) is 0 Å². The molecule has 0 spiro atoms. The van der Waals surface area contributed by atoms with E-state index in [9.17, 15) is 10.1 Å². The second-order valence-electron chi connectivity index (χ2n) is 5.63. The lowest BCUT2D eigenvalue weighted by Crippen LogP contribution is -2.32. The first kappa shape index (κ1) is 15.6. The van der Waals surface area contributed by atoms with Crippen LogP contribution in [0.2, 0.25) is 0 Å². The maximum Gasteiger partial charge on any atom is 0.311 e. The molecule has 3 heterocycles. The molecule has 0 unspecified atom stereocenters. The molecule has 1 aliphatic heterocycles. The summed E-state index contributed by atoms with van der Waals surface area (Å²) >= 11 is 1.65. The zero-order valence-electron chi connectivity index (χ0n) is 13.2. The number of piperidine rings is 1. The molecule has 1 fully saturated rings. The Kier molecular flexibility index (Phi) is 4.38. The Hall–Kier alpha value is -2.28. The van der Waals surface area contributed by atoms with Gasteiger partial charge in [-0.3, -0.25) is 10.1 Å². The van der Waals surface area contributed by atoms with E-state index in [0.717, 1.165) is 42.3 Å². The maximum atomic E-state index is 11.2. The van der Waals surface area contributed by atoms with Gasteiger partial charge in [0.1, 0.15) is 0 Å². The third kappa shape index (κ3) is 3.56. The average Bonchev–Trinajstić information content (AvgIpc) is 2.93. The van der Waals surface area contributed by atoms with Crippen molar-refractivity contribution in [1.82, 2.24) is 9.97 Å². The molecular weight excluding hydrogens is 312 g/mol. The van der Waals surface area contributed by atoms with Crippen LogP contribution in [0.25, 0.3) is 6.08 Å². The van der Waals surface area contributed by atoms with E-state index in [1.54, 1.807) is 23.5 Å². The normalized spacial score (nSPS) is 14.9. The third-order valence-corrected chi connectivity index (χ3v) is 4.68. The van der Waals surface area contributed by atoms with Crippen molar-refractivity contribution in [3.8, 4) is 0 Å². The molecule has 0 saturated carbocycles. The van der Waals surface area contributed by atoms with Crippen LogP contribution < -0.4 is 4.90 Å². The topological polar surface area (TPSA) is 72.2 Å². The number of rotatable bonds is 3. The Morgan fingerprint density at radius 2 is 2.00 bits per heavy atom. The van der Waals surface area contributed by atoms with E-state index in [1.807, 2.05) is 18.7 Å². The smallest absolute Gasteiger partial charge is 0.311 e. The average molecular weight is 330 g/mol. The first-order valence-corrected chi connectivity index (χ1v) is 8.39. The van der Waals surface area contributed by atoms with Crippen LogP contribution in [0.1, 0.15) is 29.2 Å². The molecule has 0 amide bonds. The molecule has 120 valence electrons. The highest BCUT2D eigenvalue weighted by atomic mass is 32.1. The summed E-state index contributed by atoms with van der Waals surface area (Å²) in [6, 6.07) is 3.22. The number of thiazole rings is 1. The lowest BCUT2D eigenvalue weighted by Gasteiger charge is -2.29. The van der Waals surface area contributed by atoms with Crippen LogP contribution in [0.5, 0.6) is 0 Å². The van der Waals surface area contributed by atoms with Gasteiger partial charge in [0.25, 0.3) is 0 Å². The number of aromatic nitrogens is 2. The number of nitrogens with zero attached hydrogens (tertiary/aromatic N) is 4. The van der Waals surface area contributed by atoms with Crippen molar-refractivity contribution in [2.75, 3.05) is 18.0 Å². The van der Waals surface area contributed by atoms with E-state index in [-0.39, 0.29) is 10.6 Å². The van der Waals surface area contributed by atoms with Crippen LogP contribution >= 0.6 is 11.3 Å². The van der Waals surface area contributed by atoms with Crippen molar-refractivity contribution >= 4 is 28.9 Å². The number of aryl methyl sites for hydroxylation is 2. The van der Waals surface area contributed by atoms with Gasteiger partial charge in [-0.15, -0.1) is 11.3 Å². The molecule has 0 bridgehead atoms. The molecule has 0 atom stereocenters. The molecule has 1 aliphatic rings. The second kappa shape index (κ2) is 6.45. The quantitative estimate of drug-likeness (QED) is 0.633. The summed E-state index contributed by atoms with van der Waals surface area (Å²) in [6.07, 6.45) is 3.89. The Morgan fingerprint density at radius 3 is 2.61 bits per heavy atom. The summed E-state index contributed by atoms with van der Waals surface area (Å²) in [6.45, 7) is 5.34. The van der Waals surface area contributed by atoms with Crippen LogP contribution in [-0.2, 0) is 0 Å². The van der Waals surface area contributed by atoms with Crippen LogP contribution in [0, 0.1) is 24.0 Å². The van der Waals surface area contributed by atoms with Crippen molar-refractivity contribution in [3.05, 3.63) is 49.6 Å². The highest BCUT2D eigenvalue weighted by Gasteiger charge is 2.24. The Balaban J connectivity index is 1.75. The van der Waals surface area contributed by atoms with Crippen molar-refractivity contribution < 1.29 is 4.92 Å². The molecule has 23 heavy (non-hydrogen) atoms. The SMILES string of the molecule is Cc1ccc([N+](=O)[O-])c(N2CCC(=Cc3csc(C)n3)CC2)n1. The fourth-order valence-corrected chi connectivity index (χ4v) is 3.29. The second-order valence-corrected chi connectivity index (χ2v) is 6.70. The van der Waals surface area contributed by atoms with Gasteiger partial charge in [0, 0.05) is 30.2 Å². The van der Waals surface area contributed by atoms with Gasteiger partial charge in [-0.25, -0.2) is 9.97 Å². The fourth-order valence-electron chi connectivity index (χ4n) is 2.72. The molecule has 0 aromatic carbocycles. The molecule has 2 aromatic rings.